The maximum atomic E-state index is 13.9. The first kappa shape index (κ1) is 11.2. The number of hydrazone groups is 1. The van der Waals surface area contributed by atoms with Crippen molar-refractivity contribution in [3.8, 4) is 0 Å². The summed E-state index contributed by atoms with van der Waals surface area (Å²) in [5, 5.41) is 7.89. The van der Waals surface area contributed by atoms with E-state index in [9.17, 15) is 9.18 Å². The Morgan fingerprint density at radius 1 is 1.44 bits per heavy atom. The zero-order valence-electron chi connectivity index (χ0n) is 9.05. The molecule has 1 amide bonds. The first-order valence-electron chi connectivity index (χ1n) is 5.28. The summed E-state index contributed by atoms with van der Waals surface area (Å²) in [6.07, 6.45) is 2.21. The van der Waals surface area contributed by atoms with Crippen LogP contribution in [0.25, 0.3) is 0 Å². The largest absolute Gasteiger partial charge is 0.316 e. The molecule has 0 aromatic heterocycles. The van der Waals surface area contributed by atoms with Gasteiger partial charge in [-0.3, -0.25) is 4.79 Å². The Balaban J connectivity index is 2.01. The predicted molar refractivity (Wildman–Crippen MR) is 66.3 cm³/mol. The van der Waals surface area contributed by atoms with Gasteiger partial charge in [0.15, 0.2) is 12.0 Å². The van der Waals surface area contributed by atoms with Crippen LogP contribution >= 0.6 is 11.6 Å². The zero-order chi connectivity index (χ0) is 12.7. The predicted octanol–water partition coefficient (Wildman–Crippen LogP) is 1.39. The van der Waals surface area contributed by atoms with Gasteiger partial charge in [-0.25, -0.2) is 14.4 Å². The quantitative estimate of drug-likeness (QED) is 0.835. The standard InChI is InChI=1S/C11H8ClFN4O/c12-7-2-1-3-8(9(7)13)17-10-6(4-16-17)11(18)15-5-14-10/h1-6,10H,(H,14,15,18). The molecule has 0 fully saturated rings. The zero-order valence-corrected chi connectivity index (χ0v) is 9.80. The van der Waals surface area contributed by atoms with Crippen LogP contribution in [-0.4, -0.2) is 24.6 Å². The number of carbonyl (C=O) groups is 1. The lowest BCUT2D eigenvalue weighted by atomic mass is 10.1. The Morgan fingerprint density at radius 2 is 2.28 bits per heavy atom. The summed E-state index contributed by atoms with van der Waals surface area (Å²) in [5.41, 5.74) is 0.207. The molecule has 0 spiro atoms. The highest BCUT2D eigenvalue weighted by atomic mass is 35.5. The van der Waals surface area contributed by atoms with E-state index in [1.807, 2.05) is 0 Å². The Bertz CT molecular complexity index is 574. The van der Waals surface area contributed by atoms with Gasteiger partial charge in [-0.1, -0.05) is 17.7 Å². The van der Waals surface area contributed by atoms with Crippen LogP contribution in [0.5, 0.6) is 0 Å². The smallest absolute Gasteiger partial charge is 0.237 e. The molecule has 2 atom stereocenters. The molecule has 7 heteroatoms. The molecule has 18 heavy (non-hydrogen) atoms. The topological polar surface area (TPSA) is 57.1 Å². The second-order valence-corrected chi connectivity index (χ2v) is 4.32. The Kier molecular flexibility index (Phi) is 2.52. The molecule has 2 unspecified atom stereocenters. The van der Waals surface area contributed by atoms with E-state index in [0.29, 0.717) is 0 Å². The second kappa shape index (κ2) is 4.06. The maximum Gasteiger partial charge on any atom is 0.237 e. The third-order valence-corrected chi connectivity index (χ3v) is 3.13. The molecule has 0 radical (unpaired) electrons. The summed E-state index contributed by atoms with van der Waals surface area (Å²) in [5.74, 6) is -1.28. The van der Waals surface area contributed by atoms with Gasteiger partial charge < -0.3 is 5.32 Å². The number of fused-ring (bicyclic) bond motifs is 1. The molecule has 3 rings (SSSR count). The van der Waals surface area contributed by atoms with Gasteiger partial charge in [-0.15, -0.1) is 0 Å². The molecule has 2 heterocycles. The maximum absolute atomic E-state index is 13.9. The minimum atomic E-state index is -0.571. The molecule has 1 aromatic rings. The number of hydrogen-bond acceptors (Lipinski definition) is 4. The van der Waals surface area contributed by atoms with Crippen molar-refractivity contribution in [2.24, 2.45) is 16.0 Å². The fourth-order valence-corrected chi connectivity index (χ4v) is 2.12. The van der Waals surface area contributed by atoms with Crippen LogP contribution in [-0.2, 0) is 4.79 Å². The summed E-state index contributed by atoms with van der Waals surface area (Å²) in [6, 6.07) is 4.62. The van der Waals surface area contributed by atoms with Crippen molar-refractivity contribution >= 4 is 35.7 Å². The van der Waals surface area contributed by atoms with E-state index in [4.69, 9.17) is 11.6 Å². The molecule has 0 bridgehead atoms. The van der Waals surface area contributed by atoms with Gasteiger partial charge in [-0.05, 0) is 12.1 Å². The molecule has 92 valence electrons. The molecule has 2 aliphatic heterocycles. The lowest BCUT2D eigenvalue weighted by molar-refractivity contribution is -0.122. The molecule has 0 saturated carbocycles. The number of anilines is 1. The minimum absolute atomic E-state index is 0.00962. The van der Waals surface area contributed by atoms with Crippen LogP contribution in [0, 0.1) is 11.7 Å². The minimum Gasteiger partial charge on any atom is -0.316 e. The Labute approximate surface area is 107 Å². The highest BCUT2D eigenvalue weighted by Crippen LogP contribution is 2.32. The number of carbonyl (C=O) groups excluding carboxylic acids is 1. The van der Waals surface area contributed by atoms with Gasteiger partial charge in [0.05, 0.1) is 17.0 Å². The van der Waals surface area contributed by atoms with Crippen molar-refractivity contribution in [1.82, 2.24) is 5.32 Å². The van der Waals surface area contributed by atoms with E-state index in [0.717, 1.165) is 0 Å². The van der Waals surface area contributed by atoms with Crippen LogP contribution in [0.15, 0.2) is 28.3 Å². The number of amides is 1. The number of nitrogens with zero attached hydrogens (tertiary/aromatic N) is 3. The fraction of sp³-hybridized carbons (Fsp3) is 0.182. The van der Waals surface area contributed by atoms with Crippen LogP contribution in [0.2, 0.25) is 5.02 Å². The van der Waals surface area contributed by atoms with Crippen LogP contribution in [0.3, 0.4) is 0 Å². The van der Waals surface area contributed by atoms with E-state index in [1.54, 1.807) is 12.1 Å². The van der Waals surface area contributed by atoms with Gasteiger partial charge in [-0.2, -0.15) is 5.10 Å². The van der Waals surface area contributed by atoms with E-state index in [-0.39, 0.29) is 16.6 Å². The van der Waals surface area contributed by atoms with Crippen LogP contribution < -0.4 is 10.3 Å². The lowest BCUT2D eigenvalue weighted by Gasteiger charge is -2.26. The van der Waals surface area contributed by atoms with Gasteiger partial charge in [0.25, 0.3) is 0 Å². The van der Waals surface area contributed by atoms with E-state index in [2.05, 4.69) is 15.4 Å². The highest BCUT2D eigenvalue weighted by molar-refractivity contribution is 6.31. The third kappa shape index (κ3) is 1.57. The molecular weight excluding hydrogens is 259 g/mol. The first-order chi connectivity index (χ1) is 8.68. The number of hydrogen-bond donors (Lipinski definition) is 1. The SMILES string of the molecule is O=C1NC=NC2C1C=NN2c1cccc(Cl)c1F. The van der Waals surface area contributed by atoms with Crippen molar-refractivity contribution in [2.45, 2.75) is 6.17 Å². The van der Waals surface area contributed by atoms with Crippen molar-refractivity contribution in [3.63, 3.8) is 0 Å². The van der Waals surface area contributed by atoms with Crippen molar-refractivity contribution in [2.75, 3.05) is 5.01 Å². The molecule has 2 aliphatic rings. The highest BCUT2D eigenvalue weighted by Gasteiger charge is 2.39. The third-order valence-electron chi connectivity index (χ3n) is 2.84. The van der Waals surface area contributed by atoms with Crippen molar-refractivity contribution < 1.29 is 9.18 Å². The lowest BCUT2D eigenvalue weighted by Crippen LogP contribution is -2.44. The molecular formula is C11H8ClFN4O. The van der Waals surface area contributed by atoms with E-state index in [1.165, 1.54) is 23.6 Å². The number of aliphatic imine (C=N–C) groups is 1. The van der Waals surface area contributed by atoms with E-state index < -0.39 is 17.9 Å². The summed E-state index contributed by atoms with van der Waals surface area (Å²) < 4.78 is 13.9. The second-order valence-electron chi connectivity index (χ2n) is 3.91. The average Bonchev–Trinajstić information content (AvgIpc) is 2.78. The number of nitrogens with one attached hydrogen (secondary N) is 1. The van der Waals surface area contributed by atoms with Gasteiger partial charge in [0.1, 0.15) is 5.92 Å². The van der Waals surface area contributed by atoms with E-state index >= 15 is 0 Å². The molecule has 1 N–H and O–H groups in total. The number of rotatable bonds is 1. The Hall–Kier alpha value is -1.95. The summed E-state index contributed by atoms with van der Waals surface area (Å²) >= 11 is 5.72. The summed E-state index contributed by atoms with van der Waals surface area (Å²) in [6.45, 7) is 0. The summed E-state index contributed by atoms with van der Waals surface area (Å²) in [7, 11) is 0. The van der Waals surface area contributed by atoms with Crippen molar-refractivity contribution in [1.29, 1.82) is 0 Å². The normalized spacial score (nSPS) is 25.2. The van der Waals surface area contributed by atoms with Gasteiger partial charge in [0.2, 0.25) is 5.91 Å². The van der Waals surface area contributed by atoms with Crippen LogP contribution in [0.4, 0.5) is 10.1 Å². The number of benzene rings is 1. The molecule has 5 nitrogen and oxygen atoms in total. The number of halogens is 2. The summed E-state index contributed by atoms with van der Waals surface area (Å²) in [4.78, 5) is 15.7. The average molecular weight is 267 g/mol. The van der Waals surface area contributed by atoms with Crippen molar-refractivity contribution in [3.05, 3.63) is 29.0 Å². The fourth-order valence-electron chi connectivity index (χ4n) is 1.95. The van der Waals surface area contributed by atoms with Gasteiger partial charge >= 0.3 is 0 Å². The molecule has 0 saturated heterocycles. The molecule has 0 aliphatic carbocycles. The van der Waals surface area contributed by atoms with Gasteiger partial charge in [0, 0.05) is 6.21 Å². The van der Waals surface area contributed by atoms with Crippen LogP contribution in [0.1, 0.15) is 0 Å². The molecule has 1 aromatic carbocycles. The Morgan fingerprint density at radius 3 is 3.11 bits per heavy atom. The monoisotopic (exact) mass is 266 g/mol. The first-order valence-corrected chi connectivity index (χ1v) is 5.65.